The van der Waals surface area contributed by atoms with E-state index >= 15 is 0 Å². The molecular weight excluding hydrogens is 202 g/mol. The zero-order valence-corrected chi connectivity index (χ0v) is 9.03. The van der Waals surface area contributed by atoms with Gasteiger partial charge >= 0.3 is 5.69 Å². The number of hydrogen-bond donors (Lipinski definition) is 2. The molecule has 1 heterocycles. The Kier molecular flexibility index (Phi) is 3.00. The Balaban J connectivity index is 2.08. The molecule has 0 atom stereocenters. The van der Waals surface area contributed by atoms with Gasteiger partial charge in [0.15, 0.2) is 0 Å². The number of nitrogens with zero attached hydrogens (tertiary/aromatic N) is 1. The summed E-state index contributed by atoms with van der Waals surface area (Å²) in [6, 6.07) is 11.8. The van der Waals surface area contributed by atoms with Crippen LogP contribution in [-0.2, 0) is 6.54 Å². The van der Waals surface area contributed by atoms with E-state index in [2.05, 4.69) is 15.3 Å². The minimum atomic E-state index is -0.324. The quantitative estimate of drug-likeness (QED) is 0.819. The lowest BCUT2D eigenvalue weighted by Gasteiger charge is -2.05. The first-order valence-electron chi connectivity index (χ1n) is 5.10. The van der Waals surface area contributed by atoms with Crippen LogP contribution in [-0.4, -0.2) is 9.97 Å². The van der Waals surface area contributed by atoms with Crippen molar-refractivity contribution in [1.82, 2.24) is 9.97 Å². The van der Waals surface area contributed by atoms with Crippen LogP contribution in [0.3, 0.4) is 0 Å². The van der Waals surface area contributed by atoms with Crippen molar-refractivity contribution < 1.29 is 0 Å². The molecule has 0 spiro atoms. The summed E-state index contributed by atoms with van der Waals surface area (Å²) < 4.78 is 0. The molecule has 0 aliphatic rings. The molecule has 2 N–H and O–H groups in total. The highest BCUT2D eigenvalue weighted by atomic mass is 16.1. The van der Waals surface area contributed by atoms with Crippen LogP contribution in [0, 0.1) is 6.92 Å². The lowest BCUT2D eigenvalue weighted by Crippen LogP contribution is -2.14. The van der Waals surface area contributed by atoms with Crippen molar-refractivity contribution in [3.63, 3.8) is 0 Å². The Labute approximate surface area is 93.4 Å². The number of nitrogens with one attached hydrogen (secondary N) is 2. The fourth-order valence-electron chi connectivity index (χ4n) is 1.46. The molecule has 0 saturated heterocycles. The van der Waals surface area contributed by atoms with Crippen molar-refractivity contribution in [2.24, 2.45) is 0 Å². The van der Waals surface area contributed by atoms with Gasteiger partial charge in [-0.1, -0.05) is 30.3 Å². The average molecular weight is 215 g/mol. The Morgan fingerprint density at radius 2 is 2.06 bits per heavy atom. The third-order valence-electron chi connectivity index (χ3n) is 2.20. The number of H-pyrrole nitrogens is 1. The fraction of sp³-hybridized carbons (Fsp3) is 0.167. The van der Waals surface area contributed by atoms with Crippen molar-refractivity contribution in [1.29, 1.82) is 0 Å². The summed E-state index contributed by atoms with van der Waals surface area (Å²) in [4.78, 5) is 17.5. The summed E-state index contributed by atoms with van der Waals surface area (Å²) in [7, 11) is 0. The summed E-state index contributed by atoms with van der Waals surface area (Å²) >= 11 is 0. The van der Waals surface area contributed by atoms with E-state index < -0.39 is 0 Å². The second-order valence-electron chi connectivity index (χ2n) is 3.59. The van der Waals surface area contributed by atoms with Crippen LogP contribution in [0.25, 0.3) is 0 Å². The zero-order valence-electron chi connectivity index (χ0n) is 9.03. The van der Waals surface area contributed by atoms with Crippen LogP contribution >= 0.6 is 0 Å². The number of aryl methyl sites for hydroxylation is 1. The Morgan fingerprint density at radius 1 is 1.31 bits per heavy atom. The van der Waals surface area contributed by atoms with Gasteiger partial charge in [0.1, 0.15) is 5.82 Å². The highest BCUT2D eigenvalue weighted by Gasteiger charge is 1.97. The van der Waals surface area contributed by atoms with Gasteiger partial charge in [0.25, 0.3) is 0 Å². The number of rotatable bonds is 3. The normalized spacial score (nSPS) is 10.1. The molecule has 4 heteroatoms. The molecule has 82 valence electrons. The predicted octanol–water partition coefficient (Wildman–Crippen LogP) is 1.69. The summed E-state index contributed by atoms with van der Waals surface area (Å²) in [5, 5.41) is 3.11. The minimum Gasteiger partial charge on any atom is -0.366 e. The molecule has 0 fully saturated rings. The first-order chi connectivity index (χ1) is 7.74. The smallest absolute Gasteiger partial charge is 0.347 e. The van der Waals surface area contributed by atoms with Crippen LogP contribution in [0.5, 0.6) is 0 Å². The van der Waals surface area contributed by atoms with Gasteiger partial charge in [-0.2, -0.15) is 4.98 Å². The van der Waals surface area contributed by atoms with E-state index in [-0.39, 0.29) is 5.69 Å². The maximum absolute atomic E-state index is 11.1. The number of hydrogen-bond acceptors (Lipinski definition) is 3. The van der Waals surface area contributed by atoms with Crippen molar-refractivity contribution >= 4 is 5.82 Å². The van der Waals surface area contributed by atoms with E-state index in [1.807, 2.05) is 43.3 Å². The van der Waals surface area contributed by atoms with Crippen LogP contribution in [0.2, 0.25) is 0 Å². The summed E-state index contributed by atoms with van der Waals surface area (Å²) in [6.45, 7) is 2.49. The van der Waals surface area contributed by atoms with Crippen molar-refractivity contribution in [2.45, 2.75) is 13.5 Å². The molecule has 0 unspecified atom stereocenters. The van der Waals surface area contributed by atoms with Gasteiger partial charge in [-0.25, -0.2) is 4.79 Å². The molecule has 0 amide bonds. The topological polar surface area (TPSA) is 57.8 Å². The summed E-state index contributed by atoms with van der Waals surface area (Å²) in [6.07, 6.45) is 0. The first kappa shape index (κ1) is 10.4. The SMILES string of the molecule is Cc1cc(NCc2ccccc2)nc(=O)[nH]1. The third-order valence-corrected chi connectivity index (χ3v) is 2.20. The van der Waals surface area contributed by atoms with Crippen LogP contribution in [0.15, 0.2) is 41.2 Å². The first-order valence-corrected chi connectivity index (χ1v) is 5.10. The molecule has 1 aromatic carbocycles. The maximum Gasteiger partial charge on any atom is 0.347 e. The van der Waals surface area contributed by atoms with Crippen LogP contribution in [0.1, 0.15) is 11.3 Å². The van der Waals surface area contributed by atoms with Gasteiger partial charge in [-0.3, -0.25) is 0 Å². The maximum atomic E-state index is 11.1. The second kappa shape index (κ2) is 4.61. The lowest BCUT2D eigenvalue weighted by molar-refractivity contribution is 1.00. The number of aromatic amines is 1. The van der Waals surface area contributed by atoms with E-state index in [1.54, 1.807) is 0 Å². The van der Waals surface area contributed by atoms with E-state index in [1.165, 1.54) is 0 Å². The molecule has 0 bridgehead atoms. The molecule has 2 aromatic rings. The summed E-state index contributed by atoms with van der Waals surface area (Å²) in [5.41, 5.74) is 1.63. The minimum absolute atomic E-state index is 0.324. The Morgan fingerprint density at radius 3 is 2.75 bits per heavy atom. The predicted molar refractivity (Wildman–Crippen MR) is 63.4 cm³/mol. The zero-order chi connectivity index (χ0) is 11.4. The van der Waals surface area contributed by atoms with E-state index in [0.717, 1.165) is 11.3 Å². The van der Waals surface area contributed by atoms with E-state index in [9.17, 15) is 4.79 Å². The lowest BCUT2D eigenvalue weighted by atomic mass is 10.2. The molecule has 2 rings (SSSR count). The van der Waals surface area contributed by atoms with Crippen LogP contribution in [0.4, 0.5) is 5.82 Å². The fourth-order valence-corrected chi connectivity index (χ4v) is 1.46. The van der Waals surface area contributed by atoms with Crippen molar-refractivity contribution in [2.75, 3.05) is 5.32 Å². The molecule has 0 aliphatic carbocycles. The summed E-state index contributed by atoms with van der Waals surface area (Å²) in [5.74, 6) is 0.602. The van der Waals surface area contributed by atoms with Gasteiger partial charge in [-0.15, -0.1) is 0 Å². The highest BCUT2D eigenvalue weighted by molar-refractivity contribution is 5.35. The molecule has 16 heavy (non-hydrogen) atoms. The van der Waals surface area contributed by atoms with Gasteiger partial charge in [-0.05, 0) is 18.6 Å². The number of benzene rings is 1. The van der Waals surface area contributed by atoms with Crippen molar-refractivity contribution in [3.05, 3.63) is 58.1 Å². The molecule has 0 radical (unpaired) electrons. The van der Waals surface area contributed by atoms with Crippen molar-refractivity contribution in [3.8, 4) is 0 Å². The second-order valence-corrected chi connectivity index (χ2v) is 3.59. The Bertz CT molecular complexity index is 519. The van der Waals surface area contributed by atoms with E-state index in [4.69, 9.17) is 0 Å². The van der Waals surface area contributed by atoms with Crippen LogP contribution < -0.4 is 11.0 Å². The molecule has 4 nitrogen and oxygen atoms in total. The largest absolute Gasteiger partial charge is 0.366 e. The van der Waals surface area contributed by atoms with E-state index in [0.29, 0.717) is 12.4 Å². The van der Waals surface area contributed by atoms with Gasteiger partial charge < -0.3 is 10.3 Å². The van der Waals surface area contributed by atoms with Gasteiger partial charge in [0.05, 0.1) is 0 Å². The monoisotopic (exact) mass is 215 g/mol. The molecule has 0 saturated carbocycles. The molecule has 0 aliphatic heterocycles. The van der Waals surface area contributed by atoms with Gasteiger partial charge in [0, 0.05) is 12.2 Å². The number of anilines is 1. The third kappa shape index (κ3) is 2.70. The van der Waals surface area contributed by atoms with Gasteiger partial charge in [0.2, 0.25) is 0 Å². The standard InChI is InChI=1S/C12H13N3O/c1-9-7-11(15-12(16)14-9)13-8-10-5-3-2-4-6-10/h2-7H,8H2,1H3,(H2,13,14,15,16). The molecule has 1 aromatic heterocycles. The average Bonchev–Trinajstić information content (AvgIpc) is 2.27. The molecular formula is C12H13N3O. The highest BCUT2D eigenvalue weighted by Crippen LogP contribution is 2.04. The number of aromatic nitrogens is 2. The Hall–Kier alpha value is -2.10.